The third-order valence-corrected chi connectivity index (χ3v) is 4.29. The van der Waals surface area contributed by atoms with Gasteiger partial charge in [0.25, 0.3) is 5.91 Å². The summed E-state index contributed by atoms with van der Waals surface area (Å²) in [7, 11) is 0. The van der Waals surface area contributed by atoms with Crippen LogP contribution in [0.4, 0.5) is 11.4 Å². The molecule has 0 saturated heterocycles. The van der Waals surface area contributed by atoms with Gasteiger partial charge in [0.2, 0.25) is 0 Å². The van der Waals surface area contributed by atoms with E-state index < -0.39 is 0 Å². The number of carbonyl (C=O) groups is 1. The van der Waals surface area contributed by atoms with Crippen molar-refractivity contribution in [3.05, 3.63) is 54.9 Å². The predicted molar refractivity (Wildman–Crippen MR) is 90.7 cm³/mol. The SMILES string of the molecule is Nc1cc(Br)c(NC(=O)c2cc(Cl)ccc2Cl)c(Br)c1. The van der Waals surface area contributed by atoms with Crippen LogP contribution in [-0.2, 0) is 0 Å². The van der Waals surface area contributed by atoms with E-state index in [9.17, 15) is 4.79 Å². The molecule has 0 bridgehead atoms. The minimum Gasteiger partial charge on any atom is -0.399 e. The average molecular weight is 439 g/mol. The number of nitrogens with two attached hydrogens (primary N) is 1. The van der Waals surface area contributed by atoms with Gasteiger partial charge in [-0.05, 0) is 62.2 Å². The van der Waals surface area contributed by atoms with Gasteiger partial charge in [0.05, 0.1) is 16.3 Å². The molecule has 0 aromatic heterocycles. The zero-order valence-electron chi connectivity index (χ0n) is 9.88. The second-order valence-electron chi connectivity index (χ2n) is 3.94. The van der Waals surface area contributed by atoms with Crippen molar-refractivity contribution < 1.29 is 4.79 Å². The molecular weight excluding hydrogens is 431 g/mol. The highest BCUT2D eigenvalue weighted by molar-refractivity contribution is 9.11. The number of anilines is 2. The van der Waals surface area contributed by atoms with Crippen LogP contribution < -0.4 is 11.1 Å². The maximum absolute atomic E-state index is 12.2. The number of amides is 1. The Morgan fingerprint density at radius 3 is 2.30 bits per heavy atom. The predicted octanol–water partition coefficient (Wildman–Crippen LogP) is 5.35. The topological polar surface area (TPSA) is 55.1 Å². The Morgan fingerprint density at radius 1 is 1.10 bits per heavy atom. The first-order valence-corrected chi connectivity index (χ1v) is 7.73. The van der Waals surface area contributed by atoms with E-state index in [1.807, 2.05) is 0 Å². The van der Waals surface area contributed by atoms with Gasteiger partial charge in [-0.2, -0.15) is 0 Å². The first-order chi connectivity index (χ1) is 9.38. The lowest BCUT2D eigenvalue weighted by atomic mass is 10.2. The zero-order valence-corrected chi connectivity index (χ0v) is 14.6. The molecule has 0 aliphatic heterocycles. The maximum Gasteiger partial charge on any atom is 0.257 e. The fraction of sp³-hybridized carbons (Fsp3) is 0. The molecule has 0 unspecified atom stereocenters. The highest BCUT2D eigenvalue weighted by atomic mass is 79.9. The summed E-state index contributed by atoms with van der Waals surface area (Å²) in [6.07, 6.45) is 0. The van der Waals surface area contributed by atoms with Crippen molar-refractivity contribution in [2.24, 2.45) is 0 Å². The van der Waals surface area contributed by atoms with Crippen molar-refractivity contribution in [3.63, 3.8) is 0 Å². The molecule has 20 heavy (non-hydrogen) atoms. The first-order valence-electron chi connectivity index (χ1n) is 5.39. The molecule has 0 atom stereocenters. The standard InChI is InChI=1S/C13H8Br2Cl2N2O/c14-9-4-7(18)5-10(15)12(9)19-13(20)8-3-6(16)1-2-11(8)17/h1-5H,18H2,(H,19,20). The van der Waals surface area contributed by atoms with Crippen molar-refractivity contribution in [2.45, 2.75) is 0 Å². The van der Waals surface area contributed by atoms with Crippen molar-refractivity contribution in [1.29, 1.82) is 0 Å². The van der Waals surface area contributed by atoms with Gasteiger partial charge in [-0.15, -0.1) is 0 Å². The highest BCUT2D eigenvalue weighted by Crippen LogP contribution is 2.34. The van der Waals surface area contributed by atoms with Crippen LogP contribution in [0, 0.1) is 0 Å². The van der Waals surface area contributed by atoms with Crippen LogP contribution in [0.2, 0.25) is 10.0 Å². The number of nitrogens with one attached hydrogen (secondary N) is 1. The van der Waals surface area contributed by atoms with E-state index in [2.05, 4.69) is 37.2 Å². The summed E-state index contributed by atoms with van der Waals surface area (Å²) in [6, 6.07) is 8.10. The molecule has 0 saturated carbocycles. The Morgan fingerprint density at radius 2 is 1.70 bits per heavy atom. The number of benzene rings is 2. The molecule has 1 amide bonds. The Kier molecular flexibility index (Phi) is 4.96. The third kappa shape index (κ3) is 3.47. The van der Waals surface area contributed by atoms with Gasteiger partial charge >= 0.3 is 0 Å². The summed E-state index contributed by atoms with van der Waals surface area (Å²) < 4.78 is 1.33. The number of hydrogen-bond acceptors (Lipinski definition) is 2. The van der Waals surface area contributed by atoms with Crippen LogP contribution >= 0.6 is 55.1 Å². The van der Waals surface area contributed by atoms with E-state index in [1.165, 1.54) is 6.07 Å². The second-order valence-corrected chi connectivity index (χ2v) is 6.49. The van der Waals surface area contributed by atoms with Gasteiger partial charge in [-0.3, -0.25) is 4.79 Å². The number of halogens is 4. The van der Waals surface area contributed by atoms with Crippen LogP contribution in [-0.4, -0.2) is 5.91 Å². The molecule has 0 fully saturated rings. The fourth-order valence-electron chi connectivity index (χ4n) is 1.56. The molecule has 0 aliphatic rings. The highest BCUT2D eigenvalue weighted by Gasteiger charge is 2.15. The molecular formula is C13H8Br2Cl2N2O. The fourth-order valence-corrected chi connectivity index (χ4v) is 3.36. The van der Waals surface area contributed by atoms with Crippen molar-refractivity contribution in [1.82, 2.24) is 0 Å². The summed E-state index contributed by atoms with van der Waals surface area (Å²) in [5, 5.41) is 3.53. The molecule has 3 N–H and O–H groups in total. The normalized spacial score (nSPS) is 10.4. The molecule has 104 valence electrons. The maximum atomic E-state index is 12.2. The molecule has 3 nitrogen and oxygen atoms in total. The summed E-state index contributed by atoms with van der Waals surface area (Å²) >= 11 is 18.6. The third-order valence-electron chi connectivity index (χ3n) is 2.48. The van der Waals surface area contributed by atoms with Crippen LogP contribution in [0.25, 0.3) is 0 Å². The molecule has 0 spiro atoms. The second kappa shape index (κ2) is 6.35. The van der Waals surface area contributed by atoms with E-state index in [-0.39, 0.29) is 5.91 Å². The smallest absolute Gasteiger partial charge is 0.257 e. The summed E-state index contributed by atoms with van der Waals surface area (Å²) in [6.45, 7) is 0. The number of hydrogen-bond donors (Lipinski definition) is 2. The van der Waals surface area contributed by atoms with E-state index in [1.54, 1.807) is 24.3 Å². The van der Waals surface area contributed by atoms with Crippen LogP contribution in [0.3, 0.4) is 0 Å². The lowest BCUT2D eigenvalue weighted by molar-refractivity contribution is 0.102. The minimum atomic E-state index is -0.358. The monoisotopic (exact) mass is 436 g/mol. The Bertz CT molecular complexity index is 669. The molecule has 2 aromatic carbocycles. The minimum absolute atomic E-state index is 0.301. The van der Waals surface area contributed by atoms with E-state index >= 15 is 0 Å². The van der Waals surface area contributed by atoms with Crippen molar-refractivity contribution in [3.8, 4) is 0 Å². The van der Waals surface area contributed by atoms with Crippen molar-refractivity contribution >= 4 is 72.3 Å². The summed E-state index contributed by atoms with van der Waals surface area (Å²) in [5.41, 5.74) is 7.15. The van der Waals surface area contributed by atoms with Gasteiger partial charge in [-0.25, -0.2) is 0 Å². The first kappa shape index (κ1) is 15.6. The molecule has 2 aromatic rings. The van der Waals surface area contributed by atoms with Gasteiger partial charge in [0.1, 0.15) is 0 Å². The molecule has 2 rings (SSSR count). The summed E-state index contributed by atoms with van der Waals surface area (Å²) in [4.78, 5) is 12.2. The van der Waals surface area contributed by atoms with Gasteiger partial charge in [-0.1, -0.05) is 23.2 Å². The number of rotatable bonds is 2. The van der Waals surface area contributed by atoms with Crippen LogP contribution in [0.15, 0.2) is 39.3 Å². The van der Waals surface area contributed by atoms with Crippen LogP contribution in [0.5, 0.6) is 0 Å². The van der Waals surface area contributed by atoms with Gasteiger partial charge in [0, 0.05) is 19.7 Å². The Labute approximate surface area is 142 Å². The lowest BCUT2D eigenvalue weighted by Crippen LogP contribution is -2.13. The molecule has 0 aliphatic carbocycles. The quantitative estimate of drug-likeness (QED) is 0.621. The molecule has 7 heteroatoms. The van der Waals surface area contributed by atoms with E-state index in [0.29, 0.717) is 35.9 Å². The van der Waals surface area contributed by atoms with Gasteiger partial charge < -0.3 is 11.1 Å². The number of nitrogen functional groups attached to an aromatic ring is 1. The Balaban J connectivity index is 2.35. The summed E-state index contributed by atoms with van der Waals surface area (Å²) in [5.74, 6) is -0.358. The van der Waals surface area contributed by atoms with E-state index in [4.69, 9.17) is 28.9 Å². The zero-order chi connectivity index (χ0) is 14.9. The number of carbonyl (C=O) groups excluding carboxylic acids is 1. The largest absolute Gasteiger partial charge is 0.399 e. The van der Waals surface area contributed by atoms with Crippen LogP contribution in [0.1, 0.15) is 10.4 Å². The Hall–Kier alpha value is -0.750. The lowest BCUT2D eigenvalue weighted by Gasteiger charge is -2.11. The molecule has 0 radical (unpaired) electrons. The average Bonchev–Trinajstić information content (AvgIpc) is 2.36. The van der Waals surface area contributed by atoms with Gasteiger partial charge in [0.15, 0.2) is 0 Å². The van der Waals surface area contributed by atoms with Crippen molar-refractivity contribution in [2.75, 3.05) is 11.1 Å². The van der Waals surface area contributed by atoms with E-state index in [0.717, 1.165) is 0 Å². The molecule has 0 heterocycles.